The van der Waals surface area contributed by atoms with Crippen LogP contribution in [0.25, 0.3) is 0 Å². The lowest BCUT2D eigenvalue weighted by atomic mass is 10.1. The van der Waals surface area contributed by atoms with Crippen molar-refractivity contribution in [3.8, 4) is 0 Å². The van der Waals surface area contributed by atoms with Gasteiger partial charge in [0.2, 0.25) is 5.91 Å². The summed E-state index contributed by atoms with van der Waals surface area (Å²) >= 11 is 0. The Bertz CT molecular complexity index is 920. The molecule has 2 atom stereocenters. The van der Waals surface area contributed by atoms with Crippen LogP contribution >= 0.6 is 0 Å². The van der Waals surface area contributed by atoms with Gasteiger partial charge < -0.3 is 15.0 Å². The standard InChI is InChI=1S/C21H20F2N2O4/c1-13(14-5-3-2-4-6-14)25-11-15(9-20(25)27)21(28)29-12-19(26)24-16-7-8-17(22)18(23)10-16/h2-8,10,13,15H,9,11-12H2,1H3,(H,24,26)/t13-,15-/m1/s1. The monoisotopic (exact) mass is 402 g/mol. The summed E-state index contributed by atoms with van der Waals surface area (Å²) in [6, 6.07) is 12.2. The van der Waals surface area contributed by atoms with Gasteiger partial charge in [-0.2, -0.15) is 0 Å². The fraction of sp³-hybridized carbons (Fsp3) is 0.286. The summed E-state index contributed by atoms with van der Waals surface area (Å²) in [5, 5.41) is 2.31. The van der Waals surface area contributed by atoms with Gasteiger partial charge >= 0.3 is 5.97 Å². The first-order chi connectivity index (χ1) is 13.8. The Balaban J connectivity index is 1.51. The summed E-state index contributed by atoms with van der Waals surface area (Å²) in [7, 11) is 0. The molecule has 1 aliphatic rings. The smallest absolute Gasteiger partial charge is 0.311 e. The van der Waals surface area contributed by atoms with Crippen molar-refractivity contribution in [2.24, 2.45) is 5.92 Å². The van der Waals surface area contributed by atoms with Crippen molar-refractivity contribution in [2.45, 2.75) is 19.4 Å². The molecule has 0 bridgehead atoms. The van der Waals surface area contributed by atoms with Crippen molar-refractivity contribution in [3.63, 3.8) is 0 Å². The lowest BCUT2D eigenvalue weighted by Crippen LogP contribution is -2.30. The van der Waals surface area contributed by atoms with E-state index in [1.54, 1.807) is 4.90 Å². The van der Waals surface area contributed by atoms with Crippen molar-refractivity contribution >= 4 is 23.5 Å². The number of rotatable bonds is 6. The van der Waals surface area contributed by atoms with Gasteiger partial charge in [-0.15, -0.1) is 0 Å². The number of anilines is 1. The first-order valence-electron chi connectivity index (χ1n) is 9.11. The van der Waals surface area contributed by atoms with E-state index in [9.17, 15) is 23.2 Å². The molecule has 0 aliphatic carbocycles. The second kappa shape index (κ2) is 8.81. The second-order valence-electron chi connectivity index (χ2n) is 6.82. The van der Waals surface area contributed by atoms with Crippen LogP contribution in [0, 0.1) is 17.6 Å². The molecule has 1 N–H and O–H groups in total. The van der Waals surface area contributed by atoms with Gasteiger partial charge in [0.05, 0.1) is 12.0 Å². The Labute approximate surface area is 166 Å². The summed E-state index contributed by atoms with van der Waals surface area (Å²) < 4.78 is 31.1. The molecule has 0 spiro atoms. The highest BCUT2D eigenvalue weighted by molar-refractivity contribution is 5.93. The van der Waals surface area contributed by atoms with Crippen molar-refractivity contribution < 1.29 is 27.9 Å². The molecule has 1 saturated heterocycles. The molecule has 8 heteroatoms. The van der Waals surface area contributed by atoms with Crippen LogP contribution in [-0.4, -0.2) is 35.8 Å². The van der Waals surface area contributed by atoms with Gasteiger partial charge in [-0.1, -0.05) is 30.3 Å². The highest BCUT2D eigenvalue weighted by Crippen LogP contribution is 2.29. The molecule has 29 heavy (non-hydrogen) atoms. The maximum absolute atomic E-state index is 13.2. The van der Waals surface area contributed by atoms with Crippen LogP contribution in [0.5, 0.6) is 0 Å². The number of ether oxygens (including phenoxy) is 1. The minimum absolute atomic E-state index is 0.0147. The molecule has 152 valence electrons. The molecule has 1 fully saturated rings. The third-order valence-electron chi connectivity index (χ3n) is 4.79. The molecule has 3 rings (SSSR count). The van der Waals surface area contributed by atoms with Gasteiger partial charge in [-0.3, -0.25) is 14.4 Å². The van der Waals surface area contributed by atoms with E-state index in [0.717, 1.165) is 17.7 Å². The van der Waals surface area contributed by atoms with Crippen molar-refractivity contribution in [1.29, 1.82) is 0 Å². The Morgan fingerprint density at radius 2 is 1.90 bits per heavy atom. The summed E-state index contributed by atoms with van der Waals surface area (Å²) in [6.45, 7) is 1.51. The molecule has 0 saturated carbocycles. The average Bonchev–Trinajstić information content (AvgIpc) is 3.11. The predicted octanol–water partition coefficient (Wildman–Crippen LogP) is 3.06. The number of halogens is 2. The van der Waals surface area contributed by atoms with Crippen LogP contribution in [0.15, 0.2) is 48.5 Å². The number of nitrogens with zero attached hydrogens (tertiary/aromatic N) is 1. The topological polar surface area (TPSA) is 75.7 Å². The Morgan fingerprint density at radius 3 is 2.59 bits per heavy atom. The Hall–Kier alpha value is -3.29. The van der Waals surface area contributed by atoms with Crippen molar-refractivity contribution in [1.82, 2.24) is 4.90 Å². The lowest BCUT2D eigenvalue weighted by Gasteiger charge is -2.25. The van der Waals surface area contributed by atoms with Crippen molar-refractivity contribution in [3.05, 3.63) is 65.7 Å². The predicted molar refractivity (Wildman–Crippen MR) is 101 cm³/mol. The number of carbonyl (C=O) groups is 3. The van der Waals surface area contributed by atoms with Crippen LogP contribution in [0.4, 0.5) is 14.5 Å². The van der Waals surface area contributed by atoms with E-state index in [4.69, 9.17) is 4.74 Å². The molecule has 2 aromatic carbocycles. The van der Waals surface area contributed by atoms with Gasteiger partial charge in [0, 0.05) is 24.7 Å². The fourth-order valence-corrected chi connectivity index (χ4v) is 3.20. The minimum atomic E-state index is -1.10. The van der Waals surface area contributed by atoms with E-state index >= 15 is 0 Å². The summed E-state index contributed by atoms with van der Waals surface area (Å²) in [5.74, 6) is -4.30. The largest absolute Gasteiger partial charge is 0.455 e. The lowest BCUT2D eigenvalue weighted by molar-refractivity contribution is -0.151. The average molecular weight is 402 g/mol. The van der Waals surface area contributed by atoms with Gasteiger partial charge in [0.15, 0.2) is 18.2 Å². The maximum atomic E-state index is 13.2. The highest BCUT2D eigenvalue weighted by atomic mass is 19.2. The normalized spacial score (nSPS) is 17.1. The van der Waals surface area contributed by atoms with E-state index in [1.165, 1.54) is 6.07 Å². The molecule has 2 aromatic rings. The zero-order valence-electron chi connectivity index (χ0n) is 15.7. The van der Waals surface area contributed by atoms with Gasteiger partial charge in [0.25, 0.3) is 5.91 Å². The molecular formula is C21H20F2N2O4. The number of esters is 1. The van der Waals surface area contributed by atoms with E-state index in [0.29, 0.717) is 0 Å². The molecule has 6 nitrogen and oxygen atoms in total. The number of hydrogen-bond donors (Lipinski definition) is 1. The molecule has 2 amide bonds. The van der Waals surface area contributed by atoms with Crippen LogP contribution < -0.4 is 5.32 Å². The first-order valence-corrected chi connectivity index (χ1v) is 9.11. The zero-order valence-corrected chi connectivity index (χ0v) is 15.7. The molecule has 1 heterocycles. The summed E-state index contributed by atoms with van der Waals surface area (Å²) in [4.78, 5) is 38.1. The molecule has 0 radical (unpaired) electrons. The fourth-order valence-electron chi connectivity index (χ4n) is 3.20. The second-order valence-corrected chi connectivity index (χ2v) is 6.82. The Morgan fingerprint density at radius 1 is 1.17 bits per heavy atom. The van der Waals surface area contributed by atoms with Gasteiger partial charge in [0.1, 0.15) is 0 Å². The quantitative estimate of drug-likeness (QED) is 0.754. The zero-order chi connectivity index (χ0) is 21.0. The number of nitrogens with one attached hydrogen (secondary N) is 1. The van der Waals surface area contributed by atoms with Crippen LogP contribution in [-0.2, 0) is 19.1 Å². The van der Waals surface area contributed by atoms with Crippen LogP contribution in [0.2, 0.25) is 0 Å². The van der Waals surface area contributed by atoms with Crippen LogP contribution in [0.1, 0.15) is 24.9 Å². The van der Waals surface area contributed by atoms with E-state index in [2.05, 4.69) is 5.32 Å². The third kappa shape index (κ3) is 4.96. The maximum Gasteiger partial charge on any atom is 0.311 e. The third-order valence-corrected chi connectivity index (χ3v) is 4.79. The number of likely N-dealkylation sites (tertiary alicyclic amines) is 1. The van der Waals surface area contributed by atoms with Gasteiger partial charge in [-0.25, -0.2) is 8.78 Å². The number of carbonyl (C=O) groups excluding carboxylic acids is 3. The van der Waals surface area contributed by atoms with E-state index in [1.807, 2.05) is 37.3 Å². The molecular weight excluding hydrogens is 382 g/mol. The molecule has 0 unspecified atom stereocenters. The van der Waals surface area contributed by atoms with Gasteiger partial charge in [-0.05, 0) is 24.6 Å². The number of hydrogen-bond acceptors (Lipinski definition) is 4. The van der Waals surface area contributed by atoms with Crippen molar-refractivity contribution in [2.75, 3.05) is 18.5 Å². The molecule has 1 aliphatic heterocycles. The Kier molecular flexibility index (Phi) is 6.21. The molecule has 0 aromatic heterocycles. The number of amides is 2. The van der Waals surface area contributed by atoms with E-state index in [-0.39, 0.29) is 30.6 Å². The minimum Gasteiger partial charge on any atom is -0.455 e. The summed E-state index contributed by atoms with van der Waals surface area (Å²) in [5.41, 5.74) is 1.00. The first kappa shape index (κ1) is 20.4. The van der Waals surface area contributed by atoms with E-state index < -0.39 is 36.0 Å². The SMILES string of the molecule is C[C@H](c1ccccc1)N1C[C@H](C(=O)OCC(=O)Nc2ccc(F)c(F)c2)CC1=O. The number of benzene rings is 2. The van der Waals surface area contributed by atoms with Crippen LogP contribution in [0.3, 0.4) is 0 Å². The summed E-state index contributed by atoms with van der Waals surface area (Å²) in [6.07, 6.45) is 0.0147. The highest BCUT2D eigenvalue weighted by Gasteiger charge is 2.38.